The fourth-order valence-corrected chi connectivity index (χ4v) is 11.7. The van der Waals surface area contributed by atoms with Gasteiger partial charge >= 0.3 is 5.97 Å². The van der Waals surface area contributed by atoms with E-state index in [9.17, 15) is 24.9 Å². The summed E-state index contributed by atoms with van der Waals surface area (Å²) in [5.41, 5.74) is -0.116. The van der Waals surface area contributed by atoms with Crippen molar-refractivity contribution in [1.82, 2.24) is 0 Å². The van der Waals surface area contributed by atoms with Crippen LogP contribution in [-0.4, -0.2) is 113 Å². The van der Waals surface area contributed by atoms with Crippen LogP contribution in [0.3, 0.4) is 0 Å². The molecule has 0 aromatic carbocycles. The van der Waals surface area contributed by atoms with E-state index in [1.165, 1.54) is 0 Å². The summed E-state index contributed by atoms with van der Waals surface area (Å²) >= 11 is 0. The molecule has 0 bridgehead atoms. The molecule has 6 fully saturated rings. The van der Waals surface area contributed by atoms with Crippen LogP contribution in [0.4, 0.5) is 0 Å². The second-order valence-electron chi connectivity index (χ2n) is 20.5. The fraction of sp³-hybridized carbons (Fsp3) is 0.915. The molecule has 6 aliphatic rings. The maximum Gasteiger partial charge on any atom is 0.306 e. The summed E-state index contributed by atoms with van der Waals surface area (Å²) in [4.78, 5) is 25.0. The average molecular weight is 851 g/mol. The maximum absolute atomic E-state index is 13.5. The molecule has 6 heterocycles. The molecule has 0 saturated carbocycles. The summed E-state index contributed by atoms with van der Waals surface area (Å²) in [6, 6.07) is 0. The van der Waals surface area contributed by atoms with Crippen LogP contribution in [0.15, 0.2) is 11.6 Å². The van der Waals surface area contributed by atoms with E-state index in [0.29, 0.717) is 37.7 Å². The number of aliphatic hydroxyl groups is 2. The highest BCUT2D eigenvalue weighted by Crippen LogP contribution is 2.57. The largest absolute Gasteiger partial charge is 0.481 e. The first-order chi connectivity index (χ1) is 28.1. The van der Waals surface area contributed by atoms with Crippen LogP contribution >= 0.6 is 0 Å². The van der Waals surface area contributed by atoms with Crippen molar-refractivity contribution in [3.05, 3.63) is 11.6 Å². The van der Waals surface area contributed by atoms with Gasteiger partial charge in [0.2, 0.25) is 0 Å². The third-order valence-electron chi connectivity index (χ3n) is 15.9. The van der Waals surface area contributed by atoms with Gasteiger partial charge in [0.05, 0.1) is 60.9 Å². The van der Waals surface area contributed by atoms with Gasteiger partial charge in [0.15, 0.2) is 29.4 Å². The third-order valence-corrected chi connectivity index (χ3v) is 15.9. The van der Waals surface area contributed by atoms with E-state index in [2.05, 4.69) is 41.5 Å². The van der Waals surface area contributed by atoms with Crippen LogP contribution in [0.1, 0.15) is 140 Å². The van der Waals surface area contributed by atoms with Crippen molar-refractivity contribution in [3.63, 3.8) is 0 Å². The topological polar surface area (TPSA) is 169 Å². The highest BCUT2D eigenvalue weighted by atomic mass is 16.8. The van der Waals surface area contributed by atoms with Crippen LogP contribution in [0.25, 0.3) is 0 Å². The molecule has 0 aromatic rings. The number of carboxylic acid groups (broad SMARTS) is 1. The van der Waals surface area contributed by atoms with Crippen LogP contribution in [0, 0.1) is 47.3 Å². The zero-order chi connectivity index (χ0) is 44.1. The summed E-state index contributed by atoms with van der Waals surface area (Å²) in [5, 5.41) is 30.7. The molecule has 344 valence electrons. The Hall–Kier alpha value is -1.52. The Kier molecular flexibility index (Phi) is 14.8. The van der Waals surface area contributed by atoms with Crippen molar-refractivity contribution < 1.29 is 62.8 Å². The van der Waals surface area contributed by atoms with Crippen LogP contribution < -0.4 is 0 Å². The van der Waals surface area contributed by atoms with Crippen molar-refractivity contribution >= 4 is 11.8 Å². The molecule has 0 unspecified atom stereocenters. The minimum absolute atomic E-state index is 0.0101. The lowest BCUT2D eigenvalue weighted by atomic mass is 9.78. The number of aliphatic hydroxyl groups excluding tert-OH is 1. The second-order valence-corrected chi connectivity index (χ2v) is 20.5. The van der Waals surface area contributed by atoms with E-state index in [1.54, 1.807) is 21.0 Å². The molecule has 13 heteroatoms. The monoisotopic (exact) mass is 851 g/mol. The van der Waals surface area contributed by atoms with Crippen molar-refractivity contribution in [1.29, 1.82) is 0 Å². The summed E-state index contributed by atoms with van der Waals surface area (Å²) in [6.07, 6.45) is 6.69. The Morgan fingerprint density at radius 1 is 0.850 bits per heavy atom. The van der Waals surface area contributed by atoms with Gasteiger partial charge in [-0.25, -0.2) is 0 Å². The summed E-state index contributed by atoms with van der Waals surface area (Å²) in [5.74, 6) is -5.73. The Balaban J connectivity index is 1.22. The van der Waals surface area contributed by atoms with Gasteiger partial charge in [-0.05, 0) is 77.2 Å². The normalized spacial score (nSPS) is 48.0. The number of ketones is 1. The summed E-state index contributed by atoms with van der Waals surface area (Å²) in [6.45, 7) is 21.6. The number of allylic oxidation sites excluding steroid dienone is 1. The lowest BCUT2D eigenvalue weighted by Crippen LogP contribution is -2.60. The highest BCUT2D eigenvalue weighted by molar-refractivity contribution is 5.96. The zero-order valence-electron chi connectivity index (χ0n) is 38.5. The van der Waals surface area contributed by atoms with Crippen LogP contribution in [-0.2, 0) is 47.5 Å². The minimum atomic E-state index is -1.61. The van der Waals surface area contributed by atoms with Gasteiger partial charge in [0, 0.05) is 61.9 Å². The standard InChI is InChI=1S/C47H78O13/c1-25(19-26(2)41(49)27(3)20-29(5)43(50)51)36-23-37(55-40-16-14-35(53-12)34(10)54-40)33(9)46(56-36)18-17-44(11,60-46)39-15-13-30(6)47(58-39)32(8)22-38(57-47)42-28(4)21-31(7)45(52,24-48)59-42/h19,25,27-40,42,48,52H,13-18,20-24H2,1-12H3,(H,50,51)/t25-,27+,28-,29-,30+,31-,32-,33+,34+,35-,36-,37-,38+,39+,40-,42-,44-,45-,46+,47-/m0/s1. The Morgan fingerprint density at radius 3 is 2.22 bits per heavy atom. The Morgan fingerprint density at radius 2 is 1.57 bits per heavy atom. The zero-order valence-corrected chi connectivity index (χ0v) is 38.5. The molecule has 60 heavy (non-hydrogen) atoms. The molecule has 3 N–H and O–H groups in total. The molecular weight excluding hydrogens is 773 g/mol. The van der Waals surface area contributed by atoms with E-state index in [1.807, 2.05) is 26.8 Å². The summed E-state index contributed by atoms with van der Waals surface area (Å²) < 4.78 is 54.0. The number of aliphatic carboxylic acids is 1. The average Bonchev–Trinajstić information content (AvgIpc) is 3.72. The molecule has 6 rings (SSSR count). The van der Waals surface area contributed by atoms with Crippen molar-refractivity contribution in [3.8, 4) is 0 Å². The molecule has 0 aromatic heterocycles. The molecule has 6 saturated heterocycles. The first-order valence-electron chi connectivity index (χ1n) is 23.1. The van der Waals surface area contributed by atoms with Gasteiger partial charge < -0.3 is 53.2 Å². The molecule has 2 spiro atoms. The lowest BCUT2D eigenvalue weighted by molar-refractivity contribution is -0.382. The molecule has 13 nitrogen and oxygen atoms in total. The summed E-state index contributed by atoms with van der Waals surface area (Å²) in [7, 11) is 1.71. The fourth-order valence-electron chi connectivity index (χ4n) is 11.7. The van der Waals surface area contributed by atoms with Gasteiger partial charge in [-0.2, -0.15) is 0 Å². The second kappa shape index (κ2) is 18.5. The van der Waals surface area contributed by atoms with E-state index in [4.69, 9.17) is 37.9 Å². The number of Topliss-reactive ketones (excluding diaryl/α,β-unsaturated/α-hetero) is 1. The SMILES string of the molecule is CO[C@H]1CC[C@H](O[C@H]2C[C@@H]([C@@H](C)C=C(C)C(=O)[C@H](C)C[C@H](C)C(=O)O)O[C@@]3(CC[C@@](C)([C@H]4CC[C@@H](C)[C@]5(O[C@@H]([C@H]6O[C@@](O)(CO)[C@@H](C)C[C@@H]6C)C[C@@H]5C)O4)O3)[C@@H]2C)O[C@@H]1C. The molecule has 0 aliphatic carbocycles. The number of carbonyl (C=O) groups excluding carboxylic acids is 1. The molecule has 20 atom stereocenters. The van der Waals surface area contributed by atoms with Crippen molar-refractivity contribution in [2.75, 3.05) is 13.7 Å². The van der Waals surface area contributed by atoms with E-state index < -0.39 is 53.7 Å². The predicted octanol–water partition coefficient (Wildman–Crippen LogP) is 7.18. The van der Waals surface area contributed by atoms with E-state index in [-0.39, 0.29) is 90.4 Å². The van der Waals surface area contributed by atoms with Gasteiger partial charge in [0.25, 0.3) is 0 Å². The number of ether oxygens (including phenoxy) is 8. The van der Waals surface area contributed by atoms with Crippen molar-refractivity contribution in [2.24, 2.45) is 47.3 Å². The third kappa shape index (κ3) is 9.33. The smallest absolute Gasteiger partial charge is 0.306 e. The van der Waals surface area contributed by atoms with E-state index in [0.717, 1.165) is 25.7 Å². The molecular formula is C47H78O13. The maximum atomic E-state index is 13.5. The number of methoxy groups -OCH3 is 1. The molecule has 0 radical (unpaired) electrons. The first-order valence-corrected chi connectivity index (χ1v) is 23.1. The Labute approximate surface area is 358 Å². The van der Waals surface area contributed by atoms with Crippen molar-refractivity contribution in [2.45, 2.75) is 212 Å². The minimum Gasteiger partial charge on any atom is -0.481 e. The first kappa shape index (κ1) is 47.9. The number of carbonyl (C=O) groups is 2. The predicted molar refractivity (Wildman–Crippen MR) is 222 cm³/mol. The molecule has 6 aliphatic heterocycles. The highest BCUT2D eigenvalue weighted by Gasteiger charge is 2.64. The van der Waals surface area contributed by atoms with E-state index >= 15 is 0 Å². The van der Waals surface area contributed by atoms with Gasteiger partial charge in [-0.3, -0.25) is 9.59 Å². The van der Waals surface area contributed by atoms with Crippen LogP contribution in [0.5, 0.6) is 0 Å². The van der Waals surface area contributed by atoms with Gasteiger partial charge in [-0.15, -0.1) is 0 Å². The number of hydrogen-bond acceptors (Lipinski definition) is 12. The number of rotatable bonds is 13. The quantitative estimate of drug-likeness (QED) is 0.160. The van der Waals surface area contributed by atoms with Gasteiger partial charge in [0.1, 0.15) is 0 Å². The van der Waals surface area contributed by atoms with Gasteiger partial charge in [-0.1, -0.05) is 61.5 Å². The van der Waals surface area contributed by atoms with Crippen LogP contribution in [0.2, 0.25) is 0 Å². The number of carboxylic acids is 1. The molecule has 0 amide bonds. The lowest BCUT2D eigenvalue weighted by Gasteiger charge is -2.52. The Bertz CT molecular complexity index is 1540. The number of hydrogen-bond donors (Lipinski definition) is 3.